The molecule has 0 saturated carbocycles. The molecule has 0 unspecified atom stereocenters. The fourth-order valence-corrected chi connectivity index (χ4v) is 0. The minimum absolute atomic E-state index is 0. The normalized spacial score (nSPS) is 9.83. The smallest absolute Gasteiger partial charge is 3.00 e. The van der Waals surface area contributed by atoms with Gasteiger partial charge in [0.2, 0.25) is 0 Å². The molecule has 0 rings (SSSR count). The first kappa shape index (κ1) is 10.3. The molecule has 6 heteroatoms. The van der Waals surface area contributed by atoms with Crippen LogP contribution in [-0.4, -0.2) is 14.5 Å². The minimum Gasteiger partial charge on any atom is 3.00 e. The van der Waals surface area contributed by atoms with Gasteiger partial charge >= 0.3 is 63.2 Å². The molecule has 0 aliphatic rings. The molecule has 0 aliphatic carbocycles. The topological polar surface area (TPSA) is 86.2 Å². The molecule has 32 valence electrons. The summed E-state index contributed by atoms with van der Waals surface area (Å²) in [6.07, 6.45) is 0. The number of rotatable bonds is 0. The summed E-state index contributed by atoms with van der Waals surface area (Å²) in [4.78, 5) is 0. The van der Waals surface area contributed by atoms with E-state index in [0.29, 0.717) is 0 Å². The van der Waals surface area contributed by atoms with Gasteiger partial charge in [-0.1, -0.05) is 0 Å². The molecule has 0 bridgehead atoms. The fourth-order valence-electron chi connectivity index (χ4n) is 0. The third kappa shape index (κ3) is 55.9. The maximum atomic E-state index is 8.61. The summed E-state index contributed by atoms with van der Waals surface area (Å²) in [7, 11) is 0. The predicted octanol–water partition coefficient (Wildman–Crippen LogP) is -4.07. The summed E-state index contributed by atoms with van der Waals surface area (Å²) in [5, 5.41) is 0. The molecule has 0 radical (unpaired) electrons. The predicted molar refractivity (Wildman–Crippen MR) is 6.44 cm³/mol. The summed E-state index contributed by atoms with van der Waals surface area (Å²) < 4.78 is 34.4. The van der Waals surface area contributed by atoms with Crippen molar-refractivity contribution in [1.29, 1.82) is 0 Å². The van der Waals surface area contributed by atoms with Crippen molar-refractivity contribution < 1.29 is 48.7 Å². The molecule has 0 saturated heterocycles. The number of hydrogen-bond acceptors (Lipinski definition) is 4. The van der Waals surface area contributed by atoms with Gasteiger partial charge in [0.05, 0.1) is 0 Å². The zero-order valence-corrected chi connectivity index (χ0v) is 7.37. The van der Waals surface area contributed by atoms with Gasteiger partial charge in [0.1, 0.15) is 0 Å². The van der Waals surface area contributed by atoms with Crippen LogP contribution in [0.3, 0.4) is 0 Å². The number of hydrogen-bond donors (Lipinski definition) is 0. The summed E-state index contributed by atoms with van der Waals surface area (Å²) in [6, 6.07) is 0. The second-order valence-corrected chi connectivity index (χ2v) is 2.32. The van der Waals surface area contributed by atoms with E-state index in [2.05, 4.69) is 0 Å². The average molecular weight is 228 g/mol. The Morgan fingerprint density at radius 3 is 1.17 bits per heavy atom. The van der Waals surface area contributed by atoms with Gasteiger partial charge in [0, 0.05) is 0 Å². The quantitative estimate of drug-likeness (QED) is 0.394. The van der Waals surface area contributed by atoms with Crippen LogP contribution < -0.4 is 12.3 Å². The van der Waals surface area contributed by atoms with Crippen LogP contribution in [0.25, 0.3) is 0 Å². The molecular weight excluding hydrogens is 228 g/mol. The van der Waals surface area contributed by atoms with Crippen molar-refractivity contribution >= 4 is 14.5 Å². The molecule has 0 fully saturated rings. The van der Waals surface area contributed by atoms with Gasteiger partial charge in [-0.3, -0.25) is 0 Å². The van der Waals surface area contributed by atoms with Gasteiger partial charge < -0.3 is 0 Å². The fraction of sp³-hybridized carbons (Fsp3) is 0. The Balaban J connectivity index is 0. The second-order valence-electron chi connectivity index (χ2n) is 0.447. The van der Waals surface area contributed by atoms with Crippen molar-refractivity contribution in [2.24, 2.45) is 0 Å². The summed E-state index contributed by atoms with van der Waals surface area (Å²) >= 11 is -5.88. The van der Waals surface area contributed by atoms with E-state index in [4.69, 9.17) is 16.0 Å². The van der Waals surface area contributed by atoms with Crippen LogP contribution in [0.15, 0.2) is 0 Å². The Hall–Kier alpha value is 1.34. The van der Waals surface area contributed by atoms with Gasteiger partial charge in [0.25, 0.3) is 0 Å². The van der Waals surface area contributed by atoms with Gasteiger partial charge in [0.15, 0.2) is 0 Å². The summed E-state index contributed by atoms with van der Waals surface area (Å²) in [5.74, 6) is 0. The van der Waals surface area contributed by atoms with Crippen LogP contribution >= 0.6 is 0 Å². The molecule has 0 aromatic rings. The summed E-state index contributed by atoms with van der Waals surface area (Å²) in [6.45, 7) is 0. The molecule has 0 spiro atoms. The van der Waals surface area contributed by atoms with E-state index in [0.717, 1.165) is 0 Å². The first-order chi connectivity index (χ1) is 2.00. The Labute approximate surface area is 62.8 Å². The van der Waals surface area contributed by atoms with Crippen LogP contribution in [0.2, 0.25) is 0 Å². The van der Waals surface area contributed by atoms with E-state index in [1.807, 2.05) is 0 Å². The van der Waals surface area contributed by atoms with Crippen LogP contribution in [0, 0.1) is 0 Å². The van der Waals surface area contributed by atoms with Crippen molar-refractivity contribution in [2.45, 2.75) is 0 Å². The minimum atomic E-state index is -5.88. The van der Waals surface area contributed by atoms with Crippen LogP contribution in [0.5, 0.6) is 0 Å². The third-order valence-corrected chi connectivity index (χ3v) is 0. The van der Waals surface area contributed by atoms with Gasteiger partial charge in [-0.05, 0) is 0 Å². The van der Waals surface area contributed by atoms with Crippen molar-refractivity contribution in [3.63, 3.8) is 0 Å². The Bertz CT molecular complexity index is 53.7. The van der Waals surface area contributed by atoms with Crippen molar-refractivity contribution in [2.75, 3.05) is 0 Å². The zero-order valence-electron chi connectivity index (χ0n) is 2.66. The molecule has 6 heavy (non-hydrogen) atoms. The van der Waals surface area contributed by atoms with E-state index < -0.39 is 14.5 Å². The maximum absolute atomic E-state index is 8.61. The summed E-state index contributed by atoms with van der Waals surface area (Å²) in [5.41, 5.74) is 0. The van der Waals surface area contributed by atoms with Crippen molar-refractivity contribution in [3.8, 4) is 0 Å². The second kappa shape index (κ2) is 3.36. The van der Waals surface area contributed by atoms with Crippen LogP contribution in [-0.2, 0) is 36.4 Å². The zero-order chi connectivity index (χ0) is 4.50. The molecule has 0 aromatic heterocycles. The van der Waals surface area contributed by atoms with E-state index in [1.54, 1.807) is 0 Å². The Morgan fingerprint density at radius 2 is 1.17 bits per heavy atom. The van der Waals surface area contributed by atoms with E-state index in [9.17, 15) is 0 Å². The molecular formula is AsO4Y. The standard InChI is InChI=1S/AsH3O4.Y/c2-1(3,4)5;/h(H3,2,3,4,5);/q;+3/p-3. The van der Waals surface area contributed by atoms with E-state index >= 15 is 0 Å². The Morgan fingerprint density at radius 1 is 1.17 bits per heavy atom. The third-order valence-electron chi connectivity index (χ3n) is 0. The van der Waals surface area contributed by atoms with Gasteiger partial charge in [-0.15, -0.1) is 0 Å². The molecule has 4 nitrogen and oxygen atoms in total. The molecule has 0 atom stereocenters. The van der Waals surface area contributed by atoms with Crippen molar-refractivity contribution in [1.82, 2.24) is 0 Å². The first-order valence-corrected chi connectivity index (χ1v) is 3.79. The SMILES string of the molecule is O=[As]([O-])([O-])[O-].[Y+3]. The molecule has 0 aromatic carbocycles. The van der Waals surface area contributed by atoms with Gasteiger partial charge in [-0.25, -0.2) is 0 Å². The van der Waals surface area contributed by atoms with Crippen molar-refractivity contribution in [3.05, 3.63) is 0 Å². The Kier molecular flexibility index (Phi) is 5.79. The maximum Gasteiger partial charge on any atom is 3.00 e. The molecule has 0 N–H and O–H groups in total. The first-order valence-electron chi connectivity index (χ1n) is 0.730. The van der Waals surface area contributed by atoms with Crippen LogP contribution in [0.1, 0.15) is 0 Å². The average Bonchev–Trinajstić information content (AvgIpc) is 0.722. The van der Waals surface area contributed by atoms with E-state index in [-0.39, 0.29) is 32.7 Å². The molecule has 0 amide bonds. The monoisotopic (exact) mass is 228 g/mol. The largest absolute Gasteiger partial charge is 3.00 e. The molecule has 0 aliphatic heterocycles. The molecule has 0 heterocycles. The van der Waals surface area contributed by atoms with Crippen LogP contribution in [0.4, 0.5) is 0 Å². The van der Waals surface area contributed by atoms with Gasteiger partial charge in [-0.2, -0.15) is 0 Å². The van der Waals surface area contributed by atoms with E-state index in [1.165, 1.54) is 0 Å².